The molecular formula is C13H20N2O2. The van der Waals surface area contributed by atoms with E-state index in [1.165, 1.54) is 22.9 Å². The standard InChI is InChI=1S/C11H14N2O2.C2H6/c1-3-4-7-12-11(15)9-5-6-10(14)13(2)8-9;1-2/h3-6,8H,7H2,1-2H3,(H,12,15);1-2H3/b4-3+;. The molecule has 0 saturated heterocycles. The maximum Gasteiger partial charge on any atom is 0.253 e. The maximum absolute atomic E-state index is 11.5. The van der Waals surface area contributed by atoms with Gasteiger partial charge in [0.2, 0.25) is 5.56 Å². The molecule has 1 amide bonds. The minimum Gasteiger partial charge on any atom is -0.349 e. The number of carbonyl (C=O) groups excluding carboxylic acids is 1. The molecule has 0 unspecified atom stereocenters. The topological polar surface area (TPSA) is 51.1 Å². The van der Waals surface area contributed by atoms with Crippen LogP contribution in [-0.4, -0.2) is 17.0 Å². The molecule has 0 bridgehead atoms. The summed E-state index contributed by atoms with van der Waals surface area (Å²) in [6.07, 6.45) is 5.23. The van der Waals surface area contributed by atoms with E-state index in [1.54, 1.807) is 7.05 Å². The van der Waals surface area contributed by atoms with Crippen LogP contribution in [0.3, 0.4) is 0 Å². The van der Waals surface area contributed by atoms with E-state index in [-0.39, 0.29) is 11.5 Å². The summed E-state index contributed by atoms with van der Waals surface area (Å²) in [5, 5.41) is 2.71. The summed E-state index contributed by atoms with van der Waals surface area (Å²) >= 11 is 0. The van der Waals surface area contributed by atoms with Crippen molar-refractivity contribution in [3.05, 3.63) is 46.4 Å². The molecule has 0 radical (unpaired) electrons. The fourth-order valence-corrected chi connectivity index (χ4v) is 1.10. The average molecular weight is 236 g/mol. The number of nitrogens with zero attached hydrogens (tertiary/aromatic N) is 1. The number of rotatable bonds is 3. The van der Waals surface area contributed by atoms with Crippen LogP contribution >= 0.6 is 0 Å². The smallest absolute Gasteiger partial charge is 0.253 e. The molecular weight excluding hydrogens is 216 g/mol. The summed E-state index contributed by atoms with van der Waals surface area (Å²) in [6, 6.07) is 2.90. The van der Waals surface area contributed by atoms with E-state index in [0.717, 1.165) is 0 Å². The van der Waals surface area contributed by atoms with Crippen molar-refractivity contribution in [1.29, 1.82) is 0 Å². The van der Waals surface area contributed by atoms with Gasteiger partial charge < -0.3 is 9.88 Å². The Balaban J connectivity index is 0.00000121. The third kappa shape index (κ3) is 5.15. The van der Waals surface area contributed by atoms with E-state index < -0.39 is 0 Å². The summed E-state index contributed by atoms with van der Waals surface area (Å²) in [5.41, 5.74) is 0.363. The van der Waals surface area contributed by atoms with Crippen molar-refractivity contribution >= 4 is 5.91 Å². The highest BCUT2D eigenvalue weighted by Gasteiger charge is 2.04. The van der Waals surface area contributed by atoms with Gasteiger partial charge in [-0.15, -0.1) is 0 Å². The van der Waals surface area contributed by atoms with Crippen LogP contribution in [0.15, 0.2) is 35.3 Å². The number of aryl methyl sites for hydroxylation is 1. The van der Waals surface area contributed by atoms with E-state index in [1.807, 2.05) is 32.9 Å². The Morgan fingerprint density at radius 3 is 2.59 bits per heavy atom. The second-order valence-corrected chi connectivity index (χ2v) is 3.15. The highest BCUT2D eigenvalue weighted by Crippen LogP contribution is 1.94. The Bertz CT molecular complexity index is 433. The number of hydrogen-bond donors (Lipinski definition) is 1. The molecule has 0 aromatic carbocycles. The summed E-state index contributed by atoms with van der Waals surface area (Å²) in [4.78, 5) is 22.6. The normalized spacial score (nSPS) is 9.65. The van der Waals surface area contributed by atoms with Gasteiger partial charge >= 0.3 is 0 Å². The Kier molecular flexibility index (Phi) is 7.43. The van der Waals surface area contributed by atoms with Crippen molar-refractivity contribution in [2.45, 2.75) is 20.8 Å². The summed E-state index contributed by atoms with van der Waals surface area (Å²) < 4.78 is 1.38. The third-order valence-electron chi connectivity index (χ3n) is 1.96. The fourth-order valence-electron chi connectivity index (χ4n) is 1.10. The van der Waals surface area contributed by atoms with Crippen molar-refractivity contribution in [3.63, 3.8) is 0 Å². The van der Waals surface area contributed by atoms with E-state index in [4.69, 9.17) is 0 Å². The zero-order valence-electron chi connectivity index (χ0n) is 10.9. The fraction of sp³-hybridized carbons (Fsp3) is 0.385. The number of nitrogens with one attached hydrogen (secondary N) is 1. The van der Waals surface area contributed by atoms with Gasteiger partial charge in [0.25, 0.3) is 5.91 Å². The van der Waals surface area contributed by atoms with Crippen LogP contribution in [0.1, 0.15) is 31.1 Å². The molecule has 0 aliphatic rings. The number of carbonyl (C=O) groups is 1. The maximum atomic E-state index is 11.5. The second-order valence-electron chi connectivity index (χ2n) is 3.15. The largest absolute Gasteiger partial charge is 0.349 e. The molecule has 0 spiro atoms. The summed E-state index contributed by atoms with van der Waals surface area (Å²) in [7, 11) is 1.62. The first-order valence-corrected chi connectivity index (χ1v) is 5.71. The van der Waals surface area contributed by atoms with Crippen LogP contribution in [0.2, 0.25) is 0 Å². The predicted octanol–water partition coefficient (Wildman–Crippen LogP) is 1.72. The van der Waals surface area contributed by atoms with Gasteiger partial charge in [-0.2, -0.15) is 0 Å². The van der Waals surface area contributed by atoms with Crippen molar-refractivity contribution in [3.8, 4) is 0 Å². The van der Waals surface area contributed by atoms with Crippen LogP contribution in [0.5, 0.6) is 0 Å². The van der Waals surface area contributed by atoms with Gasteiger partial charge in [-0.05, 0) is 13.0 Å². The third-order valence-corrected chi connectivity index (χ3v) is 1.96. The Morgan fingerprint density at radius 2 is 2.06 bits per heavy atom. The zero-order chi connectivity index (χ0) is 13.3. The van der Waals surface area contributed by atoms with Gasteiger partial charge in [-0.1, -0.05) is 26.0 Å². The Morgan fingerprint density at radius 1 is 1.41 bits per heavy atom. The van der Waals surface area contributed by atoms with Crippen molar-refractivity contribution in [2.24, 2.45) is 7.05 Å². The lowest BCUT2D eigenvalue weighted by molar-refractivity contribution is 0.0957. The molecule has 4 heteroatoms. The molecule has 94 valence electrons. The average Bonchev–Trinajstić information content (AvgIpc) is 2.35. The predicted molar refractivity (Wildman–Crippen MR) is 70.2 cm³/mol. The van der Waals surface area contributed by atoms with Crippen LogP contribution < -0.4 is 10.9 Å². The van der Waals surface area contributed by atoms with E-state index in [9.17, 15) is 9.59 Å². The zero-order valence-corrected chi connectivity index (χ0v) is 10.9. The van der Waals surface area contributed by atoms with Crippen LogP contribution in [0.25, 0.3) is 0 Å². The van der Waals surface area contributed by atoms with Crippen molar-refractivity contribution in [1.82, 2.24) is 9.88 Å². The first-order chi connectivity index (χ1) is 8.15. The van der Waals surface area contributed by atoms with Gasteiger partial charge in [0, 0.05) is 25.9 Å². The van der Waals surface area contributed by atoms with Crippen LogP contribution in [0.4, 0.5) is 0 Å². The van der Waals surface area contributed by atoms with Gasteiger partial charge in [0.05, 0.1) is 5.56 Å². The molecule has 0 aliphatic carbocycles. The molecule has 1 aromatic heterocycles. The number of allylic oxidation sites excluding steroid dienone is 1. The number of amides is 1. The molecule has 1 N–H and O–H groups in total. The molecule has 4 nitrogen and oxygen atoms in total. The van der Waals surface area contributed by atoms with E-state index in [2.05, 4.69) is 5.32 Å². The monoisotopic (exact) mass is 236 g/mol. The van der Waals surface area contributed by atoms with Gasteiger partial charge in [0.15, 0.2) is 0 Å². The van der Waals surface area contributed by atoms with Crippen LogP contribution in [0, 0.1) is 0 Å². The minimum atomic E-state index is -0.177. The van der Waals surface area contributed by atoms with Gasteiger partial charge in [0.1, 0.15) is 0 Å². The van der Waals surface area contributed by atoms with Gasteiger partial charge in [-0.3, -0.25) is 9.59 Å². The number of aromatic nitrogens is 1. The highest BCUT2D eigenvalue weighted by atomic mass is 16.1. The summed E-state index contributed by atoms with van der Waals surface area (Å²) in [5.74, 6) is -0.177. The molecule has 1 aromatic rings. The lowest BCUT2D eigenvalue weighted by Gasteiger charge is -2.03. The molecule has 1 rings (SSSR count). The second kappa shape index (κ2) is 8.33. The number of pyridine rings is 1. The molecule has 17 heavy (non-hydrogen) atoms. The lowest BCUT2D eigenvalue weighted by atomic mass is 10.2. The molecule has 0 atom stereocenters. The van der Waals surface area contributed by atoms with Gasteiger partial charge in [-0.25, -0.2) is 0 Å². The molecule has 0 saturated carbocycles. The molecule has 1 heterocycles. The molecule has 0 fully saturated rings. The molecule has 0 aliphatic heterocycles. The Hall–Kier alpha value is -1.84. The highest BCUT2D eigenvalue weighted by molar-refractivity contribution is 5.93. The first-order valence-electron chi connectivity index (χ1n) is 5.71. The SMILES string of the molecule is C/C=C/CNC(=O)c1ccc(=O)n(C)c1.CC. The Labute approximate surface area is 102 Å². The van der Waals surface area contributed by atoms with Crippen molar-refractivity contribution < 1.29 is 4.79 Å². The number of hydrogen-bond acceptors (Lipinski definition) is 2. The lowest BCUT2D eigenvalue weighted by Crippen LogP contribution is -2.25. The van der Waals surface area contributed by atoms with E-state index in [0.29, 0.717) is 12.1 Å². The quantitative estimate of drug-likeness (QED) is 0.812. The summed E-state index contributed by atoms with van der Waals surface area (Å²) in [6.45, 7) is 6.39. The minimum absolute atomic E-state index is 0.125. The van der Waals surface area contributed by atoms with Crippen molar-refractivity contribution in [2.75, 3.05) is 6.54 Å². The van der Waals surface area contributed by atoms with E-state index >= 15 is 0 Å². The van der Waals surface area contributed by atoms with Crippen LogP contribution in [-0.2, 0) is 7.05 Å². The first kappa shape index (κ1) is 15.2.